The highest BCUT2D eigenvalue weighted by atomic mass is 16.5. The van der Waals surface area contributed by atoms with Crippen LogP contribution in [0.5, 0.6) is 0 Å². The Morgan fingerprint density at radius 2 is 2.38 bits per heavy atom. The smallest absolute Gasteiger partial charge is 0.224 e. The van der Waals surface area contributed by atoms with Crippen LogP contribution in [-0.2, 0) is 6.54 Å². The third kappa shape index (κ3) is 1.37. The van der Waals surface area contributed by atoms with Gasteiger partial charge in [-0.15, -0.1) is 10.2 Å². The van der Waals surface area contributed by atoms with Crippen LogP contribution in [0.4, 0.5) is 5.95 Å². The number of rotatable bonds is 1. The molecule has 0 amide bonds. The summed E-state index contributed by atoms with van der Waals surface area (Å²) in [6.07, 6.45) is 5.21. The van der Waals surface area contributed by atoms with Gasteiger partial charge in [0.05, 0.1) is 6.20 Å². The Bertz CT molecular complexity index is 522. The monoisotopic (exact) mass is 218 g/mol. The van der Waals surface area contributed by atoms with Gasteiger partial charge >= 0.3 is 0 Å². The van der Waals surface area contributed by atoms with E-state index in [0.29, 0.717) is 16.2 Å². The zero-order valence-corrected chi connectivity index (χ0v) is 8.50. The van der Waals surface area contributed by atoms with Gasteiger partial charge < -0.3 is 10.5 Å². The average molecular weight is 218 g/mol. The lowest BCUT2D eigenvalue weighted by molar-refractivity contribution is -0.605. The van der Waals surface area contributed by atoms with E-state index in [2.05, 4.69) is 20.5 Å². The molecule has 2 aromatic heterocycles. The van der Waals surface area contributed by atoms with Crippen molar-refractivity contribution in [2.24, 2.45) is 0 Å². The molecular weight excluding hydrogens is 208 g/mol. The van der Waals surface area contributed by atoms with E-state index in [0.717, 1.165) is 25.5 Å². The molecule has 0 aromatic carbocycles. The van der Waals surface area contributed by atoms with Crippen LogP contribution in [0.15, 0.2) is 18.6 Å². The first-order valence-corrected chi connectivity index (χ1v) is 5.07. The van der Waals surface area contributed by atoms with Crippen molar-refractivity contribution >= 4 is 5.95 Å². The van der Waals surface area contributed by atoms with Crippen molar-refractivity contribution in [3.63, 3.8) is 0 Å². The predicted molar refractivity (Wildman–Crippen MR) is 55.3 cm³/mol. The normalized spacial score (nSPS) is 14.2. The summed E-state index contributed by atoms with van der Waals surface area (Å²) in [5.74, 6) is 1.37. The molecule has 0 saturated carbocycles. The molecule has 16 heavy (non-hydrogen) atoms. The van der Waals surface area contributed by atoms with Crippen molar-refractivity contribution in [1.29, 1.82) is 0 Å². The molecule has 0 bridgehead atoms. The number of nitrogens with zero attached hydrogens (tertiary/aromatic N) is 5. The number of hydrogen-bond acceptors (Lipinski definition) is 5. The van der Waals surface area contributed by atoms with Gasteiger partial charge in [0.2, 0.25) is 12.1 Å². The largest absolute Gasteiger partial charge is 0.619 e. The minimum atomic E-state index is 0.542. The number of fused-ring (bicyclic) bond motifs is 1. The lowest BCUT2D eigenvalue weighted by Crippen LogP contribution is -2.25. The molecule has 7 heteroatoms. The van der Waals surface area contributed by atoms with Crippen LogP contribution < -0.4 is 10.0 Å². The number of nitrogens with one attached hydrogen (secondary N) is 1. The van der Waals surface area contributed by atoms with E-state index >= 15 is 0 Å². The van der Waals surface area contributed by atoms with Crippen molar-refractivity contribution in [2.75, 3.05) is 11.9 Å². The summed E-state index contributed by atoms with van der Waals surface area (Å²) in [5.41, 5.74) is 0.542. The van der Waals surface area contributed by atoms with E-state index in [1.165, 1.54) is 18.6 Å². The topological polar surface area (TPSA) is 82.6 Å². The standard InChI is InChI=1S/C9H10N6O/c16-14-5-3-10-7(6-14)8-12-13-9-11-2-1-4-15(8)9/h3,5-6H,1-2,4H2,(H,11,13). The van der Waals surface area contributed by atoms with E-state index in [1.54, 1.807) is 0 Å². The lowest BCUT2D eigenvalue weighted by atomic mass is 10.3. The quantitative estimate of drug-likeness (QED) is 0.529. The van der Waals surface area contributed by atoms with Crippen molar-refractivity contribution < 1.29 is 4.73 Å². The van der Waals surface area contributed by atoms with Crippen molar-refractivity contribution in [3.05, 3.63) is 23.8 Å². The van der Waals surface area contributed by atoms with E-state index in [9.17, 15) is 5.21 Å². The molecule has 82 valence electrons. The Labute approximate surface area is 91.4 Å². The van der Waals surface area contributed by atoms with Gasteiger partial charge in [-0.3, -0.25) is 4.57 Å². The Hall–Kier alpha value is -2.18. The fraction of sp³-hybridized carbons (Fsp3) is 0.333. The van der Waals surface area contributed by atoms with Gasteiger partial charge in [-0.2, -0.15) is 4.73 Å². The Morgan fingerprint density at radius 1 is 1.44 bits per heavy atom. The zero-order chi connectivity index (χ0) is 11.0. The van der Waals surface area contributed by atoms with Crippen molar-refractivity contribution in [3.8, 4) is 11.5 Å². The van der Waals surface area contributed by atoms with E-state index in [-0.39, 0.29) is 0 Å². The van der Waals surface area contributed by atoms with E-state index < -0.39 is 0 Å². The second-order valence-corrected chi connectivity index (χ2v) is 3.58. The summed E-state index contributed by atoms with van der Waals surface area (Å²) >= 11 is 0. The van der Waals surface area contributed by atoms with E-state index in [1.807, 2.05) is 4.57 Å². The number of hydrogen-bond donors (Lipinski definition) is 1. The lowest BCUT2D eigenvalue weighted by Gasteiger charge is -2.15. The van der Waals surface area contributed by atoms with Crippen LogP contribution in [0.3, 0.4) is 0 Å². The maximum Gasteiger partial charge on any atom is 0.224 e. The first kappa shape index (κ1) is 9.08. The van der Waals surface area contributed by atoms with Gasteiger partial charge in [0.1, 0.15) is 0 Å². The Morgan fingerprint density at radius 3 is 3.25 bits per heavy atom. The third-order valence-electron chi connectivity index (χ3n) is 2.50. The van der Waals surface area contributed by atoms with Crippen LogP contribution in [0.25, 0.3) is 11.5 Å². The molecular formula is C9H10N6O. The Kier molecular flexibility index (Phi) is 1.95. The predicted octanol–water partition coefficient (Wildman–Crippen LogP) is -0.211. The van der Waals surface area contributed by atoms with Crippen LogP contribution in [0.1, 0.15) is 6.42 Å². The summed E-state index contributed by atoms with van der Waals surface area (Å²) in [5, 5.41) is 22.4. The van der Waals surface area contributed by atoms with Crippen LogP contribution in [-0.4, -0.2) is 26.3 Å². The molecule has 0 saturated heterocycles. The minimum absolute atomic E-state index is 0.542. The maximum absolute atomic E-state index is 11.2. The van der Waals surface area contributed by atoms with Gasteiger partial charge in [-0.05, 0) is 6.42 Å². The van der Waals surface area contributed by atoms with Crippen molar-refractivity contribution in [1.82, 2.24) is 19.7 Å². The fourth-order valence-corrected chi connectivity index (χ4v) is 1.76. The second-order valence-electron chi connectivity index (χ2n) is 3.58. The van der Waals surface area contributed by atoms with Crippen LogP contribution >= 0.6 is 0 Å². The van der Waals surface area contributed by atoms with E-state index in [4.69, 9.17) is 0 Å². The fourth-order valence-electron chi connectivity index (χ4n) is 1.76. The first-order valence-electron chi connectivity index (χ1n) is 5.07. The molecule has 3 heterocycles. The molecule has 3 rings (SSSR count). The molecule has 7 nitrogen and oxygen atoms in total. The summed E-state index contributed by atoms with van der Waals surface area (Å²) in [4.78, 5) is 4.12. The molecule has 1 N–H and O–H groups in total. The van der Waals surface area contributed by atoms with Gasteiger partial charge in [-0.25, -0.2) is 4.98 Å². The third-order valence-corrected chi connectivity index (χ3v) is 2.50. The molecule has 1 aliphatic rings. The SMILES string of the molecule is [O-][n+]1ccnc(-c2nnc3n2CCCN3)c1. The van der Waals surface area contributed by atoms with Crippen molar-refractivity contribution in [2.45, 2.75) is 13.0 Å². The highest BCUT2D eigenvalue weighted by molar-refractivity contribution is 5.50. The first-order chi connectivity index (χ1) is 7.84. The average Bonchev–Trinajstić information content (AvgIpc) is 2.72. The molecule has 0 atom stereocenters. The number of anilines is 1. The Balaban J connectivity index is 2.09. The molecule has 0 aliphatic carbocycles. The highest BCUT2D eigenvalue weighted by Crippen LogP contribution is 2.20. The summed E-state index contributed by atoms with van der Waals surface area (Å²) in [7, 11) is 0. The molecule has 2 aromatic rings. The van der Waals surface area contributed by atoms with Gasteiger partial charge in [0.25, 0.3) is 0 Å². The summed E-state index contributed by atoms with van der Waals surface area (Å²) in [6, 6.07) is 0. The van der Waals surface area contributed by atoms with Crippen LogP contribution in [0, 0.1) is 5.21 Å². The molecule has 0 fully saturated rings. The van der Waals surface area contributed by atoms with Gasteiger partial charge in [0, 0.05) is 13.1 Å². The van der Waals surface area contributed by atoms with Gasteiger partial charge in [0.15, 0.2) is 17.7 Å². The molecule has 1 aliphatic heterocycles. The second kappa shape index (κ2) is 3.44. The summed E-state index contributed by atoms with van der Waals surface area (Å²) in [6.45, 7) is 1.75. The number of aromatic nitrogens is 5. The molecule has 0 spiro atoms. The van der Waals surface area contributed by atoms with Crippen LogP contribution in [0.2, 0.25) is 0 Å². The molecule has 0 unspecified atom stereocenters. The highest BCUT2D eigenvalue weighted by Gasteiger charge is 2.18. The summed E-state index contributed by atoms with van der Waals surface area (Å²) < 4.78 is 2.64. The minimum Gasteiger partial charge on any atom is -0.619 e. The maximum atomic E-state index is 11.2. The molecule has 0 radical (unpaired) electrons. The zero-order valence-electron chi connectivity index (χ0n) is 8.50. The van der Waals surface area contributed by atoms with Gasteiger partial charge in [-0.1, -0.05) is 0 Å².